The number of benzene rings is 1. The summed E-state index contributed by atoms with van der Waals surface area (Å²) >= 11 is 1.82. The molecule has 2 aromatic rings. The van der Waals surface area contributed by atoms with Gasteiger partial charge < -0.3 is 5.32 Å². The third-order valence-electron chi connectivity index (χ3n) is 3.34. The second-order valence-corrected chi connectivity index (χ2v) is 6.99. The monoisotopic (exact) mass is 288 g/mol. The lowest BCUT2D eigenvalue weighted by molar-refractivity contribution is 0.446. The van der Waals surface area contributed by atoms with Gasteiger partial charge >= 0.3 is 0 Å². The Morgan fingerprint density at radius 1 is 1.15 bits per heavy atom. The van der Waals surface area contributed by atoms with Crippen molar-refractivity contribution in [3.05, 3.63) is 52.0 Å². The van der Waals surface area contributed by atoms with Gasteiger partial charge in [0.15, 0.2) is 0 Å². The first kappa shape index (κ1) is 15.2. The SMILES string of the molecule is Cc1ncc(CC(CNC(C)C)Cc2ccccc2)s1. The maximum absolute atomic E-state index is 4.37. The Balaban J connectivity index is 2.00. The number of thiazole rings is 1. The minimum atomic E-state index is 0.538. The summed E-state index contributed by atoms with van der Waals surface area (Å²) < 4.78 is 0. The van der Waals surface area contributed by atoms with Gasteiger partial charge in [-0.3, -0.25) is 0 Å². The fourth-order valence-electron chi connectivity index (χ4n) is 2.35. The zero-order valence-electron chi connectivity index (χ0n) is 12.6. The second-order valence-electron chi connectivity index (χ2n) is 5.67. The zero-order chi connectivity index (χ0) is 14.4. The third kappa shape index (κ3) is 5.06. The van der Waals surface area contributed by atoms with E-state index in [4.69, 9.17) is 0 Å². The summed E-state index contributed by atoms with van der Waals surface area (Å²) in [6.45, 7) is 7.54. The quantitative estimate of drug-likeness (QED) is 0.837. The Labute approximate surface area is 126 Å². The van der Waals surface area contributed by atoms with Crippen LogP contribution in [0.25, 0.3) is 0 Å². The smallest absolute Gasteiger partial charge is 0.0896 e. The minimum Gasteiger partial charge on any atom is -0.314 e. The molecule has 0 aliphatic heterocycles. The lowest BCUT2D eigenvalue weighted by Crippen LogP contribution is -2.30. The van der Waals surface area contributed by atoms with Gasteiger partial charge in [0.2, 0.25) is 0 Å². The minimum absolute atomic E-state index is 0.538. The first-order valence-electron chi connectivity index (χ1n) is 7.32. The molecule has 0 radical (unpaired) electrons. The Bertz CT molecular complexity index is 505. The number of nitrogens with one attached hydrogen (secondary N) is 1. The molecular formula is C17H24N2S. The highest BCUT2D eigenvalue weighted by molar-refractivity contribution is 7.11. The molecule has 0 spiro atoms. The molecule has 0 aliphatic rings. The highest BCUT2D eigenvalue weighted by Crippen LogP contribution is 2.19. The van der Waals surface area contributed by atoms with Crippen LogP contribution < -0.4 is 5.32 Å². The van der Waals surface area contributed by atoms with E-state index in [1.54, 1.807) is 0 Å². The summed E-state index contributed by atoms with van der Waals surface area (Å²) in [4.78, 5) is 5.77. The zero-order valence-corrected chi connectivity index (χ0v) is 13.4. The maximum atomic E-state index is 4.37. The lowest BCUT2D eigenvalue weighted by atomic mass is 9.95. The fraction of sp³-hybridized carbons (Fsp3) is 0.471. The van der Waals surface area contributed by atoms with Gasteiger partial charge in [0.05, 0.1) is 5.01 Å². The number of nitrogens with zero attached hydrogens (tertiary/aromatic N) is 1. The first-order chi connectivity index (χ1) is 9.63. The molecule has 2 rings (SSSR count). The van der Waals surface area contributed by atoms with Crippen molar-refractivity contribution < 1.29 is 0 Å². The molecule has 1 unspecified atom stereocenters. The Morgan fingerprint density at radius 3 is 2.50 bits per heavy atom. The number of aromatic nitrogens is 1. The van der Waals surface area contributed by atoms with Crippen LogP contribution in [0, 0.1) is 12.8 Å². The molecular weight excluding hydrogens is 264 g/mol. The Kier molecular flexibility index (Phi) is 5.74. The third-order valence-corrected chi connectivity index (χ3v) is 4.28. The molecule has 1 N–H and O–H groups in total. The summed E-state index contributed by atoms with van der Waals surface area (Å²) in [6, 6.07) is 11.3. The molecule has 20 heavy (non-hydrogen) atoms. The van der Waals surface area contributed by atoms with E-state index in [9.17, 15) is 0 Å². The second kappa shape index (κ2) is 7.55. The van der Waals surface area contributed by atoms with Gasteiger partial charge in [-0.05, 0) is 37.8 Å². The molecule has 1 heterocycles. The van der Waals surface area contributed by atoms with E-state index >= 15 is 0 Å². The molecule has 0 amide bonds. The van der Waals surface area contributed by atoms with Crippen molar-refractivity contribution in [3.63, 3.8) is 0 Å². The van der Waals surface area contributed by atoms with Crippen molar-refractivity contribution in [1.29, 1.82) is 0 Å². The van der Waals surface area contributed by atoms with Crippen LogP contribution in [0.3, 0.4) is 0 Å². The van der Waals surface area contributed by atoms with E-state index in [2.05, 4.69) is 61.4 Å². The van der Waals surface area contributed by atoms with Crippen molar-refractivity contribution in [2.45, 2.75) is 39.7 Å². The van der Waals surface area contributed by atoms with Crippen LogP contribution in [0.15, 0.2) is 36.5 Å². The molecule has 0 fully saturated rings. The van der Waals surface area contributed by atoms with Crippen molar-refractivity contribution in [1.82, 2.24) is 10.3 Å². The molecule has 108 valence electrons. The van der Waals surface area contributed by atoms with E-state index in [1.165, 1.54) is 10.4 Å². The Morgan fingerprint density at radius 2 is 1.90 bits per heavy atom. The predicted octanol–water partition coefficient (Wildman–Crippen LogP) is 3.85. The molecule has 1 aromatic heterocycles. The van der Waals surface area contributed by atoms with Gasteiger partial charge in [-0.25, -0.2) is 4.98 Å². The predicted molar refractivity (Wildman–Crippen MR) is 87.3 cm³/mol. The van der Waals surface area contributed by atoms with Crippen molar-refractivity contribution in [3.8, 4) is 0 Å². The number of aryl methyl sites for hydroxylation is 1. The summed E-state index contributed by atoms with van der Waals surface area (Å²) in [5, 5.41) is 4.74. The normalized spacial score (nSPS) is 12.8. The van der Waals surface area contributed by atoms with E-state index in [1.807, 2.05) is 17.5 Å². The van der Waals surface area contributed by atoms with Crippen LogP contribution in [-0.4, -0.2) is 17.6 Å². The van der Waals surface area contributed by atoms with Gasteiger partial charge in [0, 0.05) is 17.1 Å². The number of rotatable bonds is 7. The van der Waals surface area contributed by atoms with Crippen molar-refractivity contribution in [2.75, 3.05) is 6.54 Å². The van der Waals surface area contributed by atoms with Crippen LogP contribution in [0.2, 0.25) is 0 Å². The molecule has 1 aromatic carbocycles. The highest BCUT2D eigenvalue weighted by atomic mass is 32.1. The average molecular weight is 288 g/mol. The first-order valence-corrected chi connectivity index (χ1v) is 8.13. The summed E-state index contributed by atoms with van der Waals surface area (Å²) in [6.07, 6.45) is 4.27. The summed E-state index contributed by atoms with van der Waals surface area (Å²) in [5.74, 6) is 0.625. The molecule has 1 atom stereocenters. The van der Waals surface area contributed by atoms with Crippen LogP contribution in [0.1, 0.15) is 29.3 Å². The molecule has 0 saturated carbocycles. The number of hydrogen-bond donors (Lipinski definition) is 1. The van der Waals surface area contributed by atoms with E-state index in [0.29, 0.717) is 12.0 Å². The van der Waals surface area contributed by atoms with Crippen molar-refractivity contribution in [2.24, 2.45) is 5.92 Å². The molecule has 0 aliphatic carbocycles. The Hall–Kier alpha value is -1.19. The maximum Gasteiger partial charge on any atom is 0.0896 e. The molecule has 0 saturated heterocycles. The van der Waals surface area contributed by atoms with Gasteiger partial charge in [0.25, 0.3) is 0 Å². The topological polar surface area (TPSA) is 24.9 Å². The van der Waals surface area contributed by atoms with E-state index in [0.717, 1.165) is 24.4 Å². The lowest BCUT2D eigenvalue weighted by Gasteiger charge is -2.18. The van der Waals surface area contributed by atoms with Crippen LogP contribution in [-0.2, 0) is 12.8 Å². The van der Waals surface area contributed by atoms with Crippen LogP contribution in [0.4, 0.5) is 0 Å². The van der Waals surface area contributed by atoms with Gasteiger partial charge in [-0.1, -0.05) is 44.2 Å². The van der Waals surface area contributed by atoms with Gasteiger partial charge in [-0.2, -0.15) is 0 Å². The number of hydrogen-bond acceptors (Lipinski definition) is 3. The van der Waals surface area contributed by atoms with Crippen LogP contribution in [0.5, 0.6) is 0 Å². The largest absolute Gasteiger partial charge is 0.314 e. The van der Waals surface area contributed by atoms with Crippen LogP contribution >= 0.6 is 11.3 Å². The molecule has 2 nitrogen and oxygen atoms in total. The van der Waals surface area contributed by atoms with E-state index < -0.39 is 0 Å². The molecule has 3 heteroatoms. The van der Waals surface area contributed by atoms with Crippen molar-refractivity contribution >= 4 is 11.3 Å². The summed E-state index contributed by atoms with van der Waals surface area (Å²) in [5.41, 5.74) is 1.42. The standard InChI is InChI=1S/C17H24N2S/c1-13(2)18-11-16(9-15-7-5-4-6-8-15)10-17-12-19-14(3)20-17/h4-8,12-13,16,18H,9-11H2,1-3H3. The fourth-order valence-corrected chi connectivity index (χ4v) is 3.26. The van der Waals surface area contributed by atoms with Gasteiger partial charge in [0.1, 0.15) is 0 Å². The highest BCUT2D eigenvalue weighted by Gasteiger charge is 2.13. The average Bonchev–Trinajstić information content (AvgIpc) is 2.82. The van der Waals surface area contributed by atoms with E-state index in [-0.39, 0.29) is 0 Å². The van der Waals surface area contributed by atoms with Gasteiger partial charge in [-0.15, -0.1) is 11.3 Å². The molecule has 0 bridgehead atoms. The summed E-state index contributed by atoms with van der Waals surface area (Å²) in [7, 11) is 0.